The molecule has 5 heteroatoms. The molecule has 0 fully saturated rings. The van der Waals surface area contributed by atoms with E-state index in [9.17, 15) is 14.9 Å². The minimum Gasteiger partial charge on any atom is -0.461 e. The number of esters is 2. The van der Waals surface area contributed by atoms with Crippen LogP contribution in [-0.2, 0) is 9.47 Å². The van der Waals surface area contributed by atoms with Crippen molar-refractivity contribution in [1.29, 1.82) is 5.26 Å². The van der Waals surface area contributed by atoms with Crippen molar-refractivity contribution in [3.05, 3.63) is 83.9 Å². The monoisotopic (exact) mass is 539 g/mol. The van der Waals surface area contributed by atoms with Gasteiger partial charge in [-0.3, -0.25) is 0 Å². The molecule has 0 spiro atoms. The van der Waals surface area contributed by atoms with Crippen LogP contribution in [0.2, 0.25) is 0 Å². The molecule has 0 aliphatic carbocycles. The van der Waals surface area contributed by atoms with Crippen LogP contribution in [0.5, 0.6) is 0 Å². The maximum absolute atomic E-state index is 12.5. The van der Waals surface area contributed by atoms with Crippen molar-refractivity contribution in [1.82, 2.24) is 0 Å². The van der Waals surface area contributed by atoms with E-state index < -0.39 is 5.97 Å². The molecule has 0 heterocycles. The quantitative estimate of drug-likeness (QED) is 0.151. The molecule has 0 amide bonds. The highest BCUT2D eigenvalue weighted by Crippen LogP contribution is 2.26. The Morgan fingerprint density at radius 2 is 1.20 bits per heavy atom. The standard InChI is InChI=1S/C35H41NO4/c1-5-6-7-8-9-26(4)40-35(38)33-20-16-31(17-21-33)29-12-10-28(11-13-29)30-14-18-32(19-15-30)34(37)39-24-27(23-36)22-25(2)3/h10-21,25-27H,5-9,22,24H2,1-4H3/t26-,27+/m1/s1. The number of nitriles is 1. The first-order valence-corrected chi connectivity index (χ1v) is 14.4. The number of hydrogen-bond acceptors (Lipinski definition) is 5. The predicted octanol–water partition coefficient (Wildman–Crippen LogP) is 8.88. The second kappa shape index (κ2) is 15.6. The first-order chi connectivity index (χ1) is 19.3. The Balaban J connectivity index is 1.55. The predicted molar refractivity (Wildman–Crippen MR) is 160 cm³/mol. The van der Waals surface area contributed by atoms with E-state index in [1.54, 1.807) is 12.1 Å². The number of rotatable bonds is 14. The maximum atomic E-state index is 12.5. The van der Waals surface area contributed by atoms with Crippen LogP contribution in [0.3, 0.4) is 0 Å². The van der Waals surface area contributed by atoms with E-state index in [2.05, 4.69) is 13.0 Å². The van der Waals surface area contributed by atoms with E-state index in [0.717, 1.165) is 35.1 Å². The molecule has 0 unspecified atom stereocenters. The van der Waals surface area contributed by atoms with Crippen LogP contribution in [0.1, 0.15) is 86.9 Å². The first-order valence-electron chi connectivity index (χ1n) is 14.4. The molecule has 0 N–H and O–H groups in total. The lowest BCUT2D eigenvalue weighted by Gasteiger charge is -2.13. The van der Waals surface area contributed by atoms with Crippen molar-refractivity contribution in [2.75, 3.05) is 6.61 Å². The van der Waals surface area contributed by atoms with Crippen molar-refractivity contribution in [3.63, 3.8) is 0 Å². The van der Waals surface area contributed by atoms with E-state index in [0.29, 0.717) is 23.5 Å². The molecule has 0 radical (unpaired) electrons. The molecular formula is C35H41NO4. The van der Waals surface area contributed by atoms with E-state index in [4.69, 9.17) is 9.47 Å². The van der Waals surface area contributed by atoms with Crippen molar-refractivity contribution in [3.8, 4) is 28.3 Å². The molecule has 3 aromatic carbocycles. The van der Waals surface area contributed by atoms with Crippen LogP contribution in [-0.4, -0.2) is 24.6 Å². The lowest BCUT2D eigenvalue weighted by molar-refractivity contribution is 0.0319. The summed E-state index contributed by atoms with van der Waals surface area (Å²) in [7, 11) is 0. The van der Waals surface area contributed by atoms with Gasteiger partial charge in [-0.05, 0) is 78.6 Å². The molecule has 40 heavy (non-hydrogen) atoms. The zero-order chi connectivity index (χ0) is 28.9. The van der Waals surface area contributed by atoms with Gasteiger partial charge in [0.2, 0.25) is 0 Å². The van der Waals surface area contributed by atoms with Crippen LogP contribution in [0.25, 0.3) is 22.3 Å². The molecule has 210 valence electrons. The SMILES string of the molecule is CCCCCC[C@@H](C)OC(=O)c1ccc(-c2ccc(-c3ccc(C(=O)OC[C@H](C#N)CC(C)C)cc3)cc2)cc1. The number of carbonyl (C=O) groups is 2. The molecule has 0 aliphatic heterocycles. The number of unbranched alkanes of at least 4 members (excludes halogenated alkanes) is 3. The molecule has 3 rings (SSSR count). The van der Waals surface area contributed by atoms with E-state index in [1.165, 1.54) is 19.3 Å². The highest BCUT2D eigenvalue weighted by Gasteiger charge is 2.15. The zero-order valence-electron chi connectivity index (χ0n) is 24.2. The third-order valence-corrected chi connectivity index (χ3v) is 6.92. The molecule has 5 nitrogen and oxygen atoms in total. The topological polar surface area (TPSA) is 76.4 Å². The summed E-state index contributed by atoms with van der Waals surface area (Å²) in [6.45, 7) is 8.34. The molecule has 0 aliphatic rings. The summed E-state index contributed by atoms with van der Waals surface area (Å²) in [5, 5.41) is 9.25. The molecular weight excluding hydrogens is 498 g/mol. The average molecular weight is 540 g/mol. The lowest BCUT2D eigenvalue weighted by atomic mass is 9.99. The van der Waals surface area contributed by atoms with Gasteiger partial charge in [0.15, 0.2) is 0 Å². The van der Waals surface area contributed by atoms with Gasteiger partial charge in [-0.15, -0.1) is 0 Å². The highest BCUT2D eigenvalue weighted by atomic mass is 16.5. The molecule has 0 saturated heterocycles. The fourth-order valence-electron chi connectivity index (χ4n) is 4.61. The Kier molecular flexibility index (Phi) is 12.0. The summed E-state index contributed by atoms with van der Waals surface area (Å²) in [6.07, 6.45) is 6.18. The number of nitrogens with zero attached hydrogens (tertiary/aromatic N) is 1. The Labute approximate surface area is 239 Å². The van der Waals surface area contributed by atoms with E-state index >= 15 is 0 Å². The fraction of sp³-hybridized carbons (Fsp3) is 0.400. The van der Waals surface area contributed by atoms with Crippen molar-refractivity contribution in [2.24, 2.45) is 11.8 Å². The molecule has 0 saturated carbocycles. The summed E-state index contributed by atoms with van der Waals surface area (Å²) in [5.41, 5.74) is 5.09. The van der Waals surface area contributed by atoms with Crippen molar-refractivity contribution >= 4 is 11.9 Å². The van der Waals surface area contributed by atoms with Gasteiger partial charge in [-0.2, -0.15) is 5.26 Å². The Bertz CT molecular complexity index is 1250. The Hall–Kier alpha value is -3.91. The third-order valence-electron chi connectivity index (χ3n) is 6.92. The van der Waals surface area contributed by atoms with Crippen LogP contribution in [0.4, 0.5) is 0 Å². The summed E-state index contributed by atoms with van der Waals surface area (Å²) >= 11 is 0. The van der Waals surface area contributed by atoms with Crippen LogP contribution in [0.15, 0.2) is 72.8 Å². The average Bonchev–Trinajstić information content (AvgIpc) is 2.97. The second-order valence-corrected chi connectivity index (χ2v) is 10.9. The smallest absolute Gasteiger partial charge is 0.338 e. The molecule has 0 aromatic heterocycles. The Morgan fingerprint density at radius 3 is 1.65 bits per heavy atom. The molecule has 2 atom stereocenters. The largest absolute Gasteiger partial charge is 0.461 e. The van der Waals surface area contributed by atoms with Crippen LogP contribution < -0.4 is 0 Å². The number of benzene rings is 3. The van der Waals surface area contributed by atoms with E-state index in [-0.39, 0.29) is 24.6 Å². The third kappa shape index (κ3) is 9.38. The van der Waals surface area contributed by atoms with Gasteiger partial charge in [-0.1, -0.05) is 88.6 Å². The lowest BCUT2D eigenvalue weighted by Crippen LogP contribution is -2.15. The fourth-order valence-corrected chi connectivity index (χ4v) is 4.61. The van der Waals surface area contributed by atoms with Gasteiger partial charge < -0.3 is 9.47 Å². The normalized spacial score (nSPS) is 12.4. The highest BCUT2D eigenvalue weighted by molar-refractivity contribution is 5.91. The second-order valence-electron chi connectivity index (χ2n) is 10.9. The maximum Gasteiger partial charge on any atom is 0.338 e. The minimum atomic E-state index is -0.417. The first kappa shape index (κ1) is 30.6. The van der Waals surface area contributed by atoms with Gasteiger partial charge in [0.05, 0.1) is 29.2 Å². The van der Waals surface area contributed by atoms with E-state index in [1.807, 2.05) is 81.4 Å². The van der Waals surface area contributed by atoms with Gasteiger partial charge in [0, 0.05) is 0 Å². The van der Waals surface area contributed by atoms with Gasteiger partial charge in [0.25, 0.3) is 0 Å². The summed E-state index contributed by atoms with van der Waals surface area (Å²) in [4.78, 5) is 24.9. The zero-order valence-corrected chi connectivity index (χ0v) is 24.2. The molecule has 3 aromatic rings. The Morgan fingerprint density at radius 1 is 0.725 bits per heavy atom. The van der Waals surface area contributed by atoms with Crippen molar-refractivity contribution in [2.45, 2.75) is 72.3 Å². The summed E-state index contributed by atoms with van der Waals surface area (Å²) in [5.74, 6) is -0.617. The number of carbonyl (C=O) groups excluding carboxylic acids is 2. The number of ether oxygens (including phenoxy) is 2. The van der Waals surface area contributed by atoms with Gasteiger partial charge >= 0.3 is 11.9 Å². The van der Waals surface area contributed by atoms with Gasteiger partial charge in [0.1, 0.15) is 6.61 Å². The van der Waals surface area contributed by atoms with Gasteiger partial charge in [-0.25, -0.2) is 9.59 Å². The van der Waals surface area contributed by atoms with Crippen molar-refractivity contribution < 1.29 is 19.1 Å². The molecule has 0 bridgehead atoms. The summed E-state index contributed by atoms with van der Waals surface area (Å²) in [6, 6.07) is 25.2. The minimum absolute atomic E-state index is 0.0816. The summed E-state index contributed by atoms with van der Waals surface area (Å²) < 4.78 is 11.0. The van der Waals surface area contributed by atoms with Crippen LogP contribution >= 0.6 is 0 Å². The number of hydrogen-bond donors (Lipinski definition) is 0. The van der Waals surface area contributed by atoms with Crippen LogP contribution in [0, 0.1) is 23.2 Å².